The molecule has 1 heterocycles. The molecule has 0 aliphatic rings. The topological polar surface area (TPSA) is 160 Å². The first-order valence-corrected chi connectivity index (χ1v) is 12.2. The number of azo groups is 1. The molecule has 0 aliphatic carbocycles. The van der Waals surface area contributed by atoms with Crippen molar-refractivity contribution >= 4 is 38.0 Å². The van der Waals surface area contributed by atoms with Crippen LogP contribution in [0.5, 0.6) is 0 Å². The number of non-ortho nitro benzene ring substituents is 1. The van der Waals surface area contributed by atoms with Gasteiger partial charge in [0.1, 0.15) is 10.6 Å². The van der Waals surface area contributed by atoms with Crippen LogP contribution in [0.4, 0.5) is 17.1 Å². The Morgan fingerprint density at radius 2 is 1.54 bits per heavy atom. The van der Waals surface area contributed by atoms with E-state index in [9.17, 15) is 27.9 Å². The highest BCUT2D eigenvalue weighted by atomic mass is 32.2. The fourth-order valence-corrected chi connectivity index (χ4v) is 4.75. The maximum absolute atomic E-state index is 13.4. The fraction of sp³-hybridized carbons (Fsp3) is 0. The van der Waals surface area contributed by atoms with Crippen molar-refractivity contribution in [1.82, 2.24) is 9.78 Å². The highest BCUT2D eigenvalue weighted by Gasteiger charge is 2.21. The predicted molar refractivity (Wildman–Crippen MR) is 136 cm³/mol. The van der Waals surface area contributed by atoms with Crippen molar-refractivity contribution in [3.63, 3.8) is 0 Å². The van der Waals surface area contributed by atoms with Gasteiger partial charge >= 0.3 is 0 Å². The quantitative estimate of drug-likeness (QED) is 0.130. The smallest absolute Gasteiger partial charge is 0.288 e. The molecular weight excluding hydrogens is 498 g/mol. The summed E-state index contributed by atoms with van der Waals surface area (Å²) in [6.07, 6.45) is 0. The molecule has 2 N–H and O–H groups in total. The maximum Gasteiger partial charge on any atom is 0.299 e. The molecule has 1 aromatic heterocycles. The summed E-state index contributed by atoms with van der Waals surface area (Å²) >= 11 is 0. The predicted octanol–water partition coefficient (Wildman–Crippen LogP) is 5.56. The molecule has 0 atom stereocenters. The van der Waals surface area contributed by atoms with Crippen LogP contribution < -0.4 is 5.56 Å². The van der Waals surface area contributed by atoms with E-state index in [0.717, 1.165) is 4.68 Å². The molecule has 4 aromatic carbocycles. The molecule has 0 amide bonds. The number of nitrogens with zero attached hydrogens (tertiary/aromatic N) is 4. The second kappa shape index (κ2) is 9.26. The summed E-state index contributed by atoms with van der Waals surface area (Å²) in [6.45, 7) is 0. The Morgan fingerprint density at radius 3 is 2.22 bits per heavy atom. The minimum Gasteiger partial charge on any atom is -0.288 e. The zero-order chi connectivity index (χ0) is 26.2. The van der Waals surface area contributed by atoms with Gasteiger partial charge < -0.3 is 0 Å². The minimum atomic E-state index is -4.69. The lowest BCUT2D eigenvalue weighted by Crippen LogP contribution is -2.13. The lowest BCUT2D eigenvalue weighted by Gasteiger charge is -2.06. The molecule has 0 saturated carbocycles. The molecule has 0 fully saturated rings. The van der Waals surface area contributed by atoms with Gasteiger partial charge in [0.2, 0.25) is 0 Å². The Kier molecular flexibility index (Phi) is 5.95. The molecule has 0 bridgehead atoms. The standard InChI is InChI=1S/C25H17N5O6S/c31-25-23(27-26-21-15-10-16-6-4-5-9-20(16)24(21)37(34,35)36)22(17-7-2-1-3-8-17)28-29(25)18-11-13-19(14-12-18)30(32)33/h1-15,28H,(H,34,35,36). The zero-order valence-electron chi connectivity index (χ0n) is 18.8. The molecule has 5 aromatic rings. The summed E-state index contributed by atoms with van der Waals surface area (Å²) in [5.74, 6) is 0. The van der Waals surface area contributed by atoms with E-state index in [2.05, 4.69) is 15.3 Å². The lowest BCUT2D eigenvalue weighted by molar-refractivity contribution is -0.384. The summed E-state index contributed by atoms with van der Waals surface area (Å²) in [6, 6.07) is 23.7. The van der Waals surface area contributed by atoms with E-state index in [1.165, 1.54) is 36.4 Å². The van der Waals surface area contributed by atoms with Gasteiger partial charge in [0.05, 0.1) is 16.3 Å². The molecule has 5 rings (SSSR count). The molecule has 0 spiro atoms. The van der Waals surface area contributed by atoms with Crippen molar-refractivity contribution < 1.29 is 17.9 Å². The van der Waals surface area contributed by atoms with Crippen molar-refractivity contribution in [1.29, 1.82) is 0 Å². The zero-order valence-corrected chi connectivity index (χ0v) is 19.7. The van der Waals surface area contributed by atoms with Gasteiger partial charge in [0.15, 0.2) is 5.69 Å². The third-order valence-corrected chi connectivity index (χ3v) is 6.57. The lowest BCUT2D eigenvalue weighted by atomic mass is 10.1. The Bertz CT molecular complexity index is 1840. The fourth-order valence-electron chi connectivity index (χ4n) is 3.92. The summed E-state index contributed by atoms with van der Waals surface area (Å²) in [4.78, 5) is 23.4. The Labute approximate surface area is 209 Å². The Morgan fingerprint density at radius 1 is 0.865 bits per heavy atom. The van der Waals surface area contributed by atoms with Gasteiger partial charge in [0, 0.05) is 23.1 Å². The number of aromatic nitrogens is 2. The number of nitrogens with one attached hydrogen (secondary N) is 1. The highest BCUT2D eigenvalue weighted by Crippen LogP contribution is 2.34. The van der Waals surface area contributed by atoms with Gasteiger partial charge in [-0.3, -0.25) is 24.6 Å². The SMILES string of the molecule is O=c1c(N=Nc2ccc3ccccc3c2S(=O)(=O)O)c(-c2ccccc2)[nH]n1-c1ccc([N+](=O)[O-])cc1. The van der Waals surface area contributed by atoms with E-state index in [1.54, 1.807) is 54.6 Å². The van der Waals surface area contributed by atoms with E-state index < -0.39 is 25.5 Å². The van der Waals surface area contributed by atoms with Gasteiger partial charge in [-0.1, -0.05) is 60.7 Å². The van der Waals surface area contributed by atoms with Crippen molar-refractivity contribution in [2.75, 3.05) is 0 Å². The van der Waals surface area contributed by atoms with E-state index in [4.69, 9.17) is 0 Å². The number of H-pyrrole nitrogens is 1. The van der Waals surface area contributed by atoms with Crippen LogP contribution in [0.15, 0.2) is 111 Å². The molecular formula is C25H17N5O6S. The number of hydrogen-bond acceptors (Lipinski definition) is 7. The first-order chi connectivity index (χ1) is 17.7. The first kappa shape index (κ1) is 23.8. The number of rotatable bonds is 6. The Balaban J connectivity index is 1.69. The molecule has 37 heavy (non-hydrogen) atoms. The third kappa shape index (κ3) is 4.53. The van der Waals surface area contributed by atoms with Gasteiger partial charge in [0.25, 0.3) is 21.4 Å². The normalized spacial score (nSPS) is 11.8. The number of nitro benzene ring substituents is 1. The molecule has 0 aliphatic heterocycles. The van der Waals surface area contributed by atoms with Crippen LogP contribution >= 0.6 is 0 Å². The van der Waals surface area contributed by atoms with E-state index in [1.807, 2.05) is 0 Å². The van der Waals surface area contributed by atoms with Gasteiger partial charge in [-0.2, -0.15) is 8.42 Å². The van der Waals surface area contributed by atoms with Crippen LogP contribution in [-0.2, 0) is 10.1 Å². The number of fused-ring (bicyclic) bond motifs is 1. The average Bonchev–Trinajstić information content (AvgIpc) is 3.22. The second-order valence-electron chi connectivity index (χ2n) is 7.93. The molecule has 0 saturated heterocycles. The molecule has 184 valence electrons. The molecule has 12 heteroatoms. The van der Waals surface area contributed by atoms with Crippen LogP contribution in [0.3, 0.4) is 0 Å². The van der Waals surface area contributed by atoms with Crippen molar-refractivity contribution in [2.24, 2.45) is 10.2 Å². The van der Waals surface area contributed by atoms with Gasteiger partial charge in [-0.15, -0.1) is 10.2 Å². The van der Waals surface area contributed by atoms with Crippen molar-refractivity contribution in [2.45, 2.75) is 4.90 Å². The van der Waals surface area contributed by atoms with E-state index in [-0.39, 0.29) is 22.4 Å². The van der Waals surface area contributed by atoms with Crippen LogP contribution in [0, 0.1) is 10.1 Å². The summed E-state index contributed by atoms with van der Waals surface area (Å²) < 4.78 is 35.5. The highest BCUT2D eigenvalue weighted by molar-refractivity contribution is 7.86. The summed E-state index contributed by atoms with van der Waals surface area (Å²) in [5.41, 5.74) is 0.177. The van der Waals surface area contributed by atoms with Crippen LogP contribution in [0.25, 0.3) is 27.7 Å². The third-order valence-electron chi connectivity index (χ3n) is 5.62. The van der Waals surface area contributed by atoms with Gasteiger partial charge in [-0.05, 0) is 23.6 Å². The number of benzene rings is 4. The van der Waals surface area contributed by atoms with Crippen molar-refractivity contribution in [3.05, 3.63) is 111 Å². The molecule has 0 radical (unpaired) electrons. The largest absolute Gasteiger partial charge is 0.299 e. The summed E-state index contributed by atoms with van der Waals surface area (Å²) in [7, 11) is -4.69. The second-order valence-corrected chi connectivity index (χ2v) is 9.28. The van der Waals surface area contributed by atoms with E-state index in [0.29, 0.717) is 22.3 Å². The minimum absolute atomic E-state index is 0.126. The first-order valence-electron chi connectivity index (χ1n) is 10.8. The molecule has 11 nitrogen and oxygen atoms in total. The van der Waals surface area contributed by atoms with Crippen LogP contribution in [-0.4, -0.2) is 27.7 Å². The molecule has 0 unspecified atom stereocenters. The average molecular weight is 516 g/mol. The van der Waals surface area contributed by atoms with Crippen molar-refractivity contribution in [3.8, 4) is 16.9 Å². The monoisotopic (exact) mass is 515 g/mol. The number of aromatic amines is 1. The van der Waals surface area contributed by atoms with E-state index >= 15 is 0 Å². The van der Waals surface area contributed by atoms with Gasteiger partial charge in [-0.25, -0.2) is 4.68 Å². The van der Waals surface area contributed by atoms with Crippen LogP contribution in [0.2, 0.25) is 0 Å². The maximum atomic E-state index is 13.4. The number of nitro groups is 1. The number of hydrogen-bond donors (Lipinski definition) is 2. The Hall–Kier alpha value is -4.94. The summed E-state index contributed by atoms with van der Waals surface area (Å²) in [5, 5.41) is 22.9. The van der Waals surface area contributed by atoms with Crippen LogP contribution in [0.1, 0.15) is 0 Å².